The number of alkyl halides is 2. The topological polar surface area (TPSA) is 141 Å². The molecule has 32 heavy (non-hydrogen) atoms. The monoisotopic (exact) mass is 486 g/mol. The molecule has 0 amide bonds. The predicted molar refractivity (Wildman–Crippen MR) is 111 cm³/mol. The second-order valence-corrected chi connectivity index (χ2v) is 10.8. The molecule has 2 aliphatic rings. The summed E-state index contributed by atoms with van der Waals surface area (Å²) < 4.78 is 61.5. The average molecular weight is 487 g/mol. The number of aliphatic hydroxyl groups is 3. The van der Waals surface area contributed by atoms with Gasteiger partial charge in [0.2, 0.25) is 0 Å². The second-order valence-electron chi connectivity index (χ2n) is 9.34. The molecule has 0 bridgehead atoms. The van der Waals surface area contributed by atoms with E-state index in [4.69, 9.17) is 4.55 Å². The molecule has 11 heteroatoms. The fraction of sp³-hybridized carbons (Fsp3) is 0.952. The van der Waals surface area contributed by atoms with Gasteiger partial charge in [-0.05, 0) is 68.6 Å². The van der Waals surface area contributed by atoms with Crippen LogP contribution in [-0.4, -0.2) is 57.0 Å². The lowest BCUT2D eigenvalue weighted by atomic mass is 9.42. The van der Waals surface area contributed by atoms with Crippen molar-refractivity contribution in [1.82, 2.24) is 0 Å². The molecule has 2 rings (SSSR count). The molecule has 0 spiro atoms. The number of aliphatic hydroxyl groups excluding tert-OH is 1. The molecule has 4 N–H and O–H groups in total. The molecule has 0 aromatic heterocycles. The normalized spacial score (nSPS) is 30.2. The van der Waals surface area contributed by atoms with E-state index in [1.807, 2.05) is 27.7 Å². The number of ether oxygens (including phenoxy) is 1. The highest BCUT2D eigenvalue weighted by Crippen LogP contribution is 2.63. The Balaban J connectivity index is 2.23. The van der Waals surface area contributed by atoms with E-state index < -0.39 is 44.8 Å². The number of hydrogen-bond acceptors (Lipinski definition) is 7. The van der Waals surface area contributed by atoms with Gasteiger partial charge in [-0.2, -0.15) is 17.2 Å². The minimum Gasteiger partial charge on any atom is -0.428 e. The van der Waals surface area contributed by atoms with Crippen LogP contribution in [0.4, 0.5) is 8.78 Å². The molecule has 0 heterocycles. The standard InChI is InChI=1S/C21H36F2O8S/c1-5-19(26,6-2)15-13-10-9-12(11-14(13)16(15)20(27,7-3)8-4)17(24)31-18(25)21(22,23)32(28,29)30/h12-16,18,25-27H,5-11H2,1-4H3,(H,28,29,30). The third-order valence-electron chi connectivity index (χ3n) is 8.15. The summed E-state index contributed by atoms with van der Waals surface area (Å²) in [5, 5.41) is 27.0. The molecule has 0 radical (unpaired) electrons. The fourth-order valence-electron chi connectivity index (χ4n) is 6.00. The van der Waals surface area contributed by atoms with Crippen molar-refractivity contribution in [2.45, 2.75) is 95.4 Å². The highest BCUT2D eigenvalue weighted by atomic mass is 32.2. The summed E-state index contributed by atoms with van der Waals surface area (Å²) in [6.45, 7) is 7.50. The van der Waals surface area contributed by atoms with Gasteiger partial charge in [-0.1, -0.05) is 27.7 Å². The molecule has 0 aromatic carbocycles. The van der Waals surface area contributed by atoms with E-state index in [9.17, 15) is 37.3 Å². The van der Waals surface area contributed by atoms with Crippen LogP contribution in [0.1, 0.15) is 72.6 Å². The molecule has 188 valence electrons. The Labute approximate surface area is 188 Å². The molecule has 0 aliphatic heterocycles. The molecule has 2 aliphatic carbocycles. The van der Waals surface area contributed by atoms with Crippen molar-refractivity contribution < 1.29 is 46.6 Å². The van der Waals surface area contributed by atoms with Crippen LogP contribution >= 0.6 is 0 Å². The average Bonchev–Trinajstić information content (AvgIpc) is 2.72. The van der Waals surface area contributed by atoms with E-state index >= 15 is 0 Å². The zero-order valence-corrected chi connectivity index (χ0v) is 19.8. The summed E-state index contributed by atoms with van der Waals surface area (Å²) in [5.41, 5.74) is -2.03. The van der Waals surface area contributed by atoms with Crippen molar-refractivity contribution in [2.75, 3.05) is 0 Å². The van der Waals surface area contributed by atoms with E-state index in [1.54, 1.807) is 0 Å². The maximum absolute atomic E-state index is 13.5. The Hall–Kier alpha value is -0.880. The Bertz CT molecular complexity index is 779. The summed E-state index contributed by atoms with van der Waals surface area (Å²) >= 11 is 0. The first-order valence-corrected chi connectivity index (χ1v) is 12.8. The Morgan fingerprint density at radius 2 is 1.41 bits per heavy atom. The Morgan fingerprint density at radius 3 is 1.81 bits per heavy atom. The number of esters is 1. The molecular formula is C21H36F2O8S. The first kappa shape index (κ1) is 27.4. The number of rotatable bonds is 10. The van der Waals surface area contributed by atoms with Gasteiger partial charge < -0.3 is 20.1 Å². The van der Waals surface area contributed by atoms with Crippen molar-refractivity contribution in [3.63, 3.8) is 0 Å². The van der Waals surface area contributed by atoms with E-state index in [-0.39, 0.29) is 36.5 Å². The highest BCUT2D eigenvalue weighted by molar-refractivity contribution is 7.86. The van der Waals surface area contributed by atoms with Crippen molar-refractivity contribution in [1.29, 1.82) is 0 Å². The van der Waals surface area contributed by atoms with Gasteiger partial charge in [-0.3, -0.25) is 9.35 Å². The summed E-state index contributed by atoms with van der Waals surface area (Å²) in [7, 11) is -5.97. The number of carbonyl (C=O) groups is 1. The SMILES string of the molecule is CCC(O)(CC)C1C2CCC(C(=O)OC(O)C(F)(F)S(=O)(=O)O)CC2C1C(O)(CC)CC. The smallest absolute Gasteiger partial charge is 0.428 e. The van der Waals surface area contributed by atoms with Crippen LogP contribution in [0.15, 0.2) is 0 Å². The number of halogens is 2. The van der Waals surface area contributed by atoms with E-state index in [0.29, 0.717) is 32.1 Å². The van der Waals surface area contributed by atoms with Crippen molar-refractivity contribution >= 4 is 16.1 Å². The molecular weight excluding hydrogens is 450 g/mol. The van der Waals surface area contributed by atoms with Gasteiger partial charge in [0, 0.05) is 0 Å². The van der Waals surface area contributed by atoms with Crippen LogP contribution in [0.5, 0.6) is 0 Å². The van der Waals surface area contributed by atoms with Crippen LogP contribution < -0.4 is 0 Å². The highest BCUT2D eigenvalue weighted by Gasteiger charge is 2.64. The second kappa shape index (κ2) is 9.40. The van der Waals surface area contributed by atoms with Gasteiger partial charge in [0.05, 0.1) is 17.1 Å². The first-order valence-electron chi connectivity index (χ1n) is 11.3. The van der Waals surface area contributed by atoms with Crippen LogP contribution in [0.3, 0.4) is 0 Å². The third kappa shape index (κ3) is 4.55. The fourth-order valence-corrected chi connectivity index (χ4v) is 6.30. The number of carbonyl (C=O) groups excluding carboxylic acids is 1. The lowest BCUT2D eigenvalue weighted by Crippen LogP contribution is -2.66. The van der Waals surface area contributed by atoms with E-state index in [1.165, 1.54) is 0 Å². The van der Waals surface area contributed by atoms with Gasteiger partial charge in [0.1, 0.15) is 0 Å². The summed E-state index contributed by atoms with van der Waals surface area (Å²) in [4.78, 5) is 12.4. The minimum atomic E-state index is -5.97. The van der Waals surface area contributed by atoms with Crippen molar-refractivity contribution in [3.05, 3.63) is 0 Å². The summed E-state index contributed by atoms with van der Waals surface area (Å²) in [6, 6.07) is 0. The lowest BCUT2D eigenvalue weighted by Gasteiger charge is -2.65. The van der Waals surface area contributed by atoms with Crippen LogP contribution in [0.25, 0.3) is 0 Å². The largest absolute Gasteiger partial charge is 0.430 e. The summed E-state index contributed by atoms with van der Waals surface area (Å²) in [6.07, 6.45) is -0.436. The molecule has 0 saturated heterocycles. The molecule has 0 aromatic rings. The van der Waals surface area contributed by atoms with Gasteiger partial charge >= 0.3 is 21.3 Å². The van der Waals surface area contributed by atoms with Crippen LogP contribution in [0, 0.1) is 29.6 Å². The van der Waals surface area contributed by atoms with Gasteiger partial charge in [0.25, 0.3) is 6.29 Å². The van der Waals surface area contributed by atoms with Gasteiger partial charge in [-0.15, -0.1) is 0 Å². The number of hydrogen-bond donors (Lipinski definition) is 4. The number of fused-ring (bicyclic) bond motifs is 1. The maximum Gasteiger partial charge on any atom is 0.430 e. The first-order chi connectivity index (χ1) is 14.6. The van der Waals surface area contributed by atoms with Crippen molar-refractivity contribution in [2.24, 2.45) is 29.6 Å². The third-order valence-corrected chi connectivity index (χ3v) is 9.04. The van der Waals surface area contributed by atoms with Crippen LogP contribution in [-0.2, 0) is 19.6 Å². The Kier molecular flexibility index (Phi) is 8.04. The van der Waals surface area contributed by atoms with Gasteiger partial charge in [-0.25, -0.2) is 0 Å². The lowest BCUT2D eigenvalue weighted by molar-refractivity contribution is -0.245. The quantitative estimate of drug-likeness (QED) is 0.210. The molecule has 8 nitrogen and oxygen atoms in total. The van der Waals surface area contributed by atoms with Gasteiger partial charge in [0.15, 0.2) is 0 Å². The molecule has 2 fully saturated rings. The predicted octanol–water partition coefficient (Wildman–Crippen LogP) is 2.71. The minimum absolute atomic E-state index is 0.0442. The van der Waals surface area contributed by atoms with Crippen LogP contribution in [0.2, 0.25) is 0 Å². The Morgan fingerprint density at radius 1 is 0.969 bits per heavy atom. The van der Waals surface area contributed by atoms with Crippen molar-refractivity contribution in [3.8, 4) is 0 Å². The van der Waals surface area contributed by atoms with E-state index in [2.05, 4.69) is 4.74 Å². The molecule has 6 unspecified atom stereocenters. The zero-order chi connectivity index (χ0) is 24.7. The summed E-state index contributed by atoms with van der Waals surface area (Å²) in [5.74, 6) is -2.63. The zero-order valence-electron chi connectivity index (χ0n) is 19.0. The van der Waals surface area contributed by atoms with E-state index in [0.717, 1.165) is 0 Å². The molecule has 2 saturated carbocycles. The maximum atomic E-state index is 13.5. The molecule has 6 atom stereocenters.